The van der Waals surface area contributed by atoms with Gasteiger partial charge >= 0.3 is 0 Å². The third kappa shape index (κ3) is 3.27. The molecule has 0 saturated heterocycles. The van der Waals surface area contributed by atoms with Gasteiger partial charge in [0.05, 0.1) is 5.56 Å². The molecular formula is C16H16ClN3O2. The normalized spacial score (nSPS) is 14.5. The number of carbonyl (C=O) groups excluding carboxylic acids is 1. The molecule has 5 nitrogen and oxygen atoms in total. The number of fused-ring (bicyclic) bond motifs is 1. The molecule has 2 N–H and O–H groups in total. The Labute approximate surface area is 133 Å². The Hall–Kier alpha value is -1.95. The third-order valence-corrected chi connectivity index (χ3v) is 4.05. The Bertz CT molecular complexity index is 688. The molecule has 1 aliphatic heterocycles. The van der Waals surface area contributed by atoms with E-state index in [0.29, 0.717) is 5.56 Å². The summed E-state index contributed by atoms with van der Waals surface area (Å²) in [5, 5.41) is 9.45. The van der Waals surface area contributed by atoms with Crippen molar-refractivity contribution in [3.8, 4) is 0 Å². The summed E-state index contributed by atoms with van der Waals surface area (Å²) >= 11 is 5.90. The van der Waals surface area contributed by atoms with Crippen LogP contribution in [0.2, 0.25) is 5.02 Å². The minimum absolute atomic E-state index is 0.370. The van der Waals surface area contributed by atoms with Crippen LogP contribution in [-0.2, 0) is 19.5 Å². The number of hydrogen-bond acceptors (Lipinski definition) is 4. The molecule has 0 spiro atoms. The second-order valence-corrected chi connectivity index (χ2v) is 5.79. The van der Waals surface area contributed by atoms with Crippen LogP contribution in [0.1, 0.15) is 27.2 Å². The van der Waals surface area contributed by atoms with E-state index in [1.165, 1.54) is 11.8 Å². The van der Waals surface area contributed by atoms with Gasteiger partial charge in [-0.1, -0.05) is 23.7 Å². The Morgan fingerprint density at radius 1 is 1.36 bits per heavy atom. The molecule has 0 aliphatic carbocycles. The first-order valence-corrected chi connectivity index (χ1v) is 7.42. The van der Waals surface area contributed by atoms with Crippen LogP contribution in [0, 0.1) is 0 Å². The summed E-state index contributed by atoms with van der Waals surface area (Å²) in [6, 6.07) is 9.61. The molecule has 6 heteroatoms. The molecule has 0 saturated carbocycles. The lowest BCUT2D eigenvalue weighted by molar-refractivity contribution is 0.0705. The smallest absolute Gasteiger partial charge is 0.276 e. The van der Waals surface area contributed by atoms with Gasteiger partial charge in [-0.2, -0.15) is 0 Å². The maximum Gasteiger partial charge on any atom is 0.276 e. The lowest BCUT2D eigenvalue weighted by atomic mass is 10.0. The lowest BCUT2D eigenvalue weighted by Gasteiger charge is -2.28. The molecule has 3 rings (SSSR count). The fraction of sp³-hybridized carbons (Fsp3) is 0.250. The predicted octanol–water partition coefficient (Wildman–Crippen LogP) is 2.41. The molecule has 0 bridgehead atoms. The van der Waals surface area contributed by atoms with E-state index in [9.17, 15) is 4.79 Å². The molecule has 0 atom stereocenters. The number of carbonyl (C=O) groups is 1. The lowest BCUT2D eigenvalue weighted by Crippen LogP contribution is -2.31. The molecule has 22 heavy (non-hydrogen) atoms. The van der Waals surface area contributed by atoms with Gasteiger partial charge in [0.1, 0.15) is 0 Å². The summed E-state index contributed by atoms with van der Waals surface area (Å²) in [7, 11) is 0. The Balaban J connectivity index is 1.74. The second kappa shape index (κ2) is 6.44. The van der Waals surface area contributed by atoms with Crippen LogP contribution in [0.4, 0.5) is 0 Å². The fourth-order valence-corrected chi connectivity index (χ4v) is 2.78. The molecular weight excluding hydrogens is 302 g/mol. The van der Waals surface area contributed by atoms with E-state index in [1.807, 2.05) is 24.3 Å². The maximum atomic E-state index is 11.5. The van der Waals surface area contributed by atoms with Gasteiger partial charge in [0.2, 0.25) is 0 Å². The van der Waals surface area contributed by atoms with E-state index in [2.05, 4.69) is 9.88 Å². The Morgan fingerprint density at radius 2 is 2.14 bits per heavy atom. The summed E-state index contributed by atoms with van der Waals surface area (Å²) < 4.78 is 0. The van der Waals surface area contributed by atoms with Crippen LogP contribution < -0.4 is 5.48 Å². The van der Waals surface area contributed by atoms with Gasteiger partial charge in [0.25, 0.3) is 5.91 Å². The molecule has 114 valence electrons. The minimum atomic E-state index is -0.537. The molecule has 0 fully saturated rings. The third-order valence-electron chi connectivity index (χ3n) is 3.80. The van der Waals surface area contributed by atoms with Gasteiger partial charge in [0.15, 0.2) is 0 Å². The SMILES string of the molecule is O=C(NO)c1cnc2c(c1)CN(Cc1ccc(Cl)cc1)CC2. The molecule has 0 radical (unpaired) electrons. The van der Waals surface area contributed by atoms with Crippen LogP contribution in [0.5, 0.6) is 0 Å². The summed E-state index contributed by atoms with van der Waals surface area (Å²) in [5.74, 6) is -0.537. The molecule has 2 heterocycles. The van der Waals surface area contributed by atoms with Crippen molar-refractivity contribution in [2.75, 3.05) is 6.54 Å². The van der Waals surface area contributed by atoms with E-state index in [0.717, 1.165) is 42.3 Å². The fourth-order valence-electron chi connectivity index (χ4n) is 2.66. The predicted molar refractivity (Wildman–Crippen MR) is 82.8 cm³/mol. The van der Waals surface area contributed by atoms with Crippen LogP contribution >= 0.6 is 11.6 Å². The van der Waals surface area contributed by atoms with E-state index in [-0.39, 0.29) is 0 Å². The summed E-state index contributed by atoms with van der Waals surface area (Å²) in [5.41, 5.74) is 5.25. The highest BCUT2D eigenvalue weighted by Gasteiger charge is 2.19. The summed E-state index contributed by atoms with van der Waals surface area (Å²) in [4.78, 5) is 18.1. The average molecular weight is 318 g/mol. The molecule has 0 unspecified atom stereocenters. The van der Waals surface area contributed by atoms with Gasteiger partial charge in [-0.15, -0.1) is 0 Å². The Kier molecular flexibility index (Phi) is 4.38. The van der Waals surface area contributed by atoms with Gasteiger partial charge in [-0.25, -0.2) is 5.48 Å². The van der Waals surface area contributed by atoms with Crippen LogP contribution in [0.15, 0.2) is 36.5 Å². The van der Waals surface area contributed by atoms with Gasteiger partial charge in [-0.05, 0) is 29.3 Å². The van der Waals surface area contributed by atoms with E-state index in [1.54, 1.807) is 11.5 Å². The van der Waals surface area contributed by atoms with Gasteiger partial charge < -0.3 is 0 Å². The van der Waals surface area contributed by atoms with Gasteiger partial charge in [0, 0.05) is 43.0 Å². The van der Waals surface area contributed by atoms with Crippen LogP contribution in [0.3, 0.4) is 0 Å². The average Bonchev–Trinajstić information content (AvgIpc) is 2.55. The van der Waals surface area contributed by atoms with Crippen molar-refractivity contribution in [3.05, 3.63) is 63.9 Å². The largest absolute Gasteiger partial charge is 0.294 e. The van der Waals surface area contributed by atoms with Crippen molar-refractivity contribution < 1.29 is 10.0 Å². The quantitative estimate of drug-likeness (QED) is 0.674. The highest BCUT2D eigenvalue weighted by molar-refractivity contribution is 6.30. The molecule has 1 aliphatic rings. The number of halogens is 1. The van der Waals surface area contributed by atoms with Crippen molar-refractivity contribution in [1.82, 2.24) is 15.4 Å². The first-order chi connectivity index (χ1) is 10.7. The zero-order valence-corrected chi connectivity index (χ0v) is 12.7. The minimum Gasteiger partial charge on any atom is -0.294 e. The number of nitrogens with zero attached hydrogens (tertiary/aromatic N) is 2. The number of pyridine rings is 1. The zero-order valence-electron chi connectivity index (χ0n) is 11.9. The number of hydrogen-bond donors (Lipinski definition) is 2. The number of nitrogens with one attached hydrogen (secondary N) is 1. The first kappa shape index (κ1) is 15.0. The van der Waals surface area contributed by atoms with Crippen molar-refractivity contribution in [2.24, 2.45) is 0 Å². The van der Waals surface area contributed by atoms with E-state index in [4.69, 9.17) is 16.8 Å². The zero-order chi connectivity index (χ0) is 15.5. The topological polar surface area (TPSA) is 65.5 Å². The van der Waals surface area contributed by atoms with Crippen molar-refractivity contribution in [3.63, 3.8) is 0 Å². The number of hydroxylamine groups is 1. The number of benzene rings is 1. The summed E-state index contributed by atoms with van der Waals surface area (Å²) in [6.07, 6.45) is 2.35. The Morgan fingerprint density at radius 3 is 2.86 bits per heavy atom. The highest BCUT2D eigenvalue weighted by Crippen LogP contribution is 2.20. The molecule has 2 aromatic rings. The highest BCUT2D eigenvalue weighted by atomic mass is 35.5. The van der Waals surface area contributed by atoms with Gasteiger partial charge in [-0.3, -0.25) is 19.9 Å². The van der Waals surface area contributed by atoms with E-state index >= 15 is 0 Å². The number of amides is 1. The van der Waals surface area contributed by atoms with Crippen molar-refractivity contribution in [2.45, 2.75) is 19.5 Å². The van der Waals surface area contributed by atoms with Crippen LogP contribution in [0.25, 0.3) is 0 Å². The molecule has 1 aromatic heterocycles. The first-order valence-electron chi connectivity index (χ1n) is 7.05. The molecule has 1 aromatic carbocycles. The van der Waals surface area contributed by atoms with Crippen molar-refractivity contribution in [1.29, 1.82) is 0 Å². The number of rotatable bonds is 3. The monoisotopic (exact) mass is 317 g/mol. The van der Waals surface area contributed by atoms with Crippen LogP contribution in [-0.4, -0.2) is 27.5 Å². The van der Waals surface area contributed by atoms with Crippen molar-refractivity contribution >= 4 is 17.5 Å². The number of aromatic nitrogens is 1. The summed E-state index contributed by atoms with van der Waals surface area (Å²) in [6.45, 7) is 2.48. The molecule has 1 amide bonds. The standard InChI is InChI=1S/C16H16ClN3O2/c17-14-3-1-11(2-4-14)9-20-6-5-15-13(10-20)7-12(8-18-15)16(21)19-22/h1-4,7-8,22H,5-6,9-10H2,(H,19,21). The maximum absolute atomic E-state index is 11.5. The van der Waals surface area contributed by atoms with E-state index < -0.39 is 5.91 Å². The second-order valence-electron chi connectivity index (χ2n) is 5.36.